The van der Waals surface area contributed by atoms with Gasteiger partial charge in [0, 0.05) is 16.5 Å². The van der Waals surface area contributed by atoms with Crippen molar-refractivity contribution in [3.63, 3.8) is 0 Å². The number of carbonyl (C=O) groups excluding carboxylic acids is 1. The number of allylic oxidation sites excluding steroid dienone is 1. The van der Waals surface area contributed by atoms with E-state index in [0.717, 1.165) is 11.1 Å². The van der Waals surface area contributed by atoms with Crippen LogP contribution in [0.25, 0.3) is 17.0 Å². The highest BCUT2D eigenvalue weighted by molar-refractivity contribution is 6.30. The summed E-state index contributed by atoms with van der Waals surface area (Å²) in [6, 6.07) is 11.9. The molecule has 0 radical (unpaired) electrons. The fraction of sp³-hybridized carbons (Fsp3) is 0.0909. The molecular formula is C22H17ClO4. The maximum absolute atomic E-state index is 12.9. The number of rotatable bonds is 6. The molecule has 0 unspecified atom stereocenters. The van der Waals surface area contributed by atoms with Crippen LogP contribution in [-0.4, -0.2) is 12.4 Å². The van der Waals surface area contributed by atoms with Crippen molar-refractivity contribution in [1.82, 2.24) is 0 Å². The van der Waals surface area contributed by atoms with Crippen molar-refractivity contribution in [3.05, 3.63) is 93.3 Å². The van der Waals surface area contributed by atoms with Crippen LogP contribution >= 0.6 is 11.6 Å². The van der Waals surface area contributed by atoms with Crippen LogP contribution in [0.4, 0.5) is 0 Å². The Morgan fingerprint density at radius 1 is 1.22 bits per heavy atom. The van der Waals surface area contributed by atoms with Crippen molar-refractivity contribution in [2.24, 2.45) is 0 Å². The molecule has 4 nitrogen and oxygen atoms in total. The van der Waals surface area contributed by atoms with Gasteiger partial charge in [0.15, 0.2) is 11.4 Å². The van der Waals surface area contributed by atoms with Gasteiger partial charge in [0.05, 0.1) is 0 Å². The lowest BCUT2D eigenvalue weighted by molar-refractivity contribution is 0.104. The molecule has 0 spiro atoms. The average molecular weight is 381 g/mol. The topological polar surface area (TPSA) is 56.5 Å². The zero-order chi connectivity index (χ0) is 19.4. The van der Waals surface area contributed by atoms with E-state index in [4.69, 9.17) is 20.8 Å². The van der Waals surface area contributed by atoms with Crippen molar-refractivity contribution in [3.8, 4) is 5.75 Å². The molecule has 0 atom stereocenters. The Morgan fingerprint density at radius 2 is 1.96 bits per heavy atom. The minimum Gasteiger partial charge on any atom is -0.489 e. The van der Waals surface area contributed by atoms with Crippen LogP contribution in [-0.2, 0) is 0 Å². The van der Waals surface area contributed by atoms with Crippen LogP contribution in [0.5, 0.6) is 5.75 Å². The predicted octanol–water partition coefficient (Wildman–Crippen LogP) is 5.22. The molecule has 1 heterocycles. The second-order valence-corrected chi connectivity index (χ2v) is 6.35. The third kappa shape index (κ3) is 4.18. The summed E-state index contributed by atoms with van der Waals surface area (Å²) in [6.07, 6.45) is 4.66. The number of hydrogen-bond donors (Lipinski definition) is 0. The zero-order valence-electron chi connectivity index (χ0n) is 14.7. The summed E-state index contributed by atoms with van der Waals surface area (Å²) < 4.78 is 11.0. The number of carbonyl (C=O) groups is 1. The Kier molecular flexibility index (Phi) is 5.57. The van der Waals surface area contributed by atoms with Crippen LogP contribution < -0.4 is 10.4 Å². The predicted molar refractivity (Wildman–Crippen MR) is 108 cm³/mol. The fourth-order valence-electron chi connectivity index (χ4n) is 2.70. The van der Waals surface area contributed by atoms with Crippen LogP contribution in [0, 0.1) is 6.92 Å². The number of hydrogen-bond acceptors (Lipinski definition) is 4. The van der Waals surface area contributed by atoms with Crippen LogP contribution in [0.2, 0.25) is 5.02 Å². The summed E-state index contributed by atoms with van der Waals surface area (Å²) in [7, 11) is 0. The van der Waals surface area contributed by atoms with Gasteiger partial charge in [-0.15, -0.1) is 0 Å². The summed E-state index contributed by atoms with van der Waals surface area (Å²) in [6.45, 7) is 5.63. The van der Waals surface area contributed by atoms with E-state index in [0.29, 0.717) is 16.2 Å². The first-order valence-electron chi connectivity index (χ1n) is 8.28. The van der Waals surface area contributed by atoms with Crippen molar-refractivity contribution in [2.45, 2.75) is 6.92 Å². The monoisotopic (exact) mass is 380 g/mol. The van der Waals surface area contributed by atoms with Gasteiger partial charge in [0.1, 0.15) is 17.9 Å². The molecule has 1 aromatic heterocycles. The number of aryl methyl sites for hydroxylation is 1. The quantitative estimate of drug-likeness (QED) is 0.255. The molecule has 3 rings (SSSR count). The molecule has 0 N–H and O–H groups in total. The largest absolute Gasteiger partial charge is 0.489 e. The minimum absolute atomic E-state index is 0.209. The molecule has 0 aliphatic rings. The van der Waals surface area contributed by atoms with Crippen LogP contribution in [0.15, 0.2) is 70.4 Å². The van der Waals surface area contributed by atoms with E-state index in [2.05, 4.69) is 6.58 Å². The molecule has 2 aromatic carbocycles. The molecule has 0 bridgehead atoms. The van der Waals surface area contributed by atoms with Gasteiger partial charge in [-0.3, -0.25) is 4.79 Å². The number of halogens is 1. The maximum atomic E-state index is 12.9. The standard InChI is InChI=1S/C22H17ClO4/c1-3-12-26-19-11-9-17-14(2)13-20(25)27-22(17)21(19)18(24)10-6-15-4-7-16(23)8-5-15/h3-11,13H,1,12H2,2H3. The first-order valence-corrected chi connectivity index (χ1v) is 8.66. The zero-order valence-corrected chi connectivity index (χ0v) is 15.5. The molecule has 0 amide bonds. The summed E-state index contributed by atoms with van der Waals surface area (Å²) >= 11 is 5.88. The van der Waals surface area contributed by atoms with E-state index < -0.39 is 5.63 Å². The molecule has 0 saturated carbocycles. The molecule has 5 heteroatoms. The van der Waals surface area contributed by atoms with E-state index >= 15 is 0 Å². The van der Waals surface area contributed by atoms with E-state index in [1.807, 2.05) is 0 Å². The Labute approximate surface area is 161 Å². The van der Waals surface area contributed by atoms with Gasteiger partial charge in [0.25, 0.3) is 0 Å². The van der Waals surface area contributed by atoms with Gasteiger partial charge in [0.2, 0.25) is 0 Å². The summed E-state index contributed by atoms with van der Waals surface area (Å²) in [5.41, 5.74) is 1.45. The normalized spacial score (nSPS) is 11.0. The second-order valence-electron chi connectivity index (χ2n) is 5.91. The molecule has 0 saturated heterocycles. The molecule has 0 aliphatic heterocycles. The summed E-state index contributed by atoms with van der Waals surface area (Å²) in [5.74, 6) is 0.00488. The molecule has 136 valence electrons. The van der Waals surface area contributed by atoms with Gasteiger partial charge in [-0.1, -0.05) is 42.5 Å². The van der Waals surface area contributed by atoms with E-state index in [-0.39, 0.29) is 23.5 Å². The van der Waals surface area contributed by atoms with E-state index in [1.54, 1.807) is 55.5 Å². The van der Waals surface area contributed by atoms with Crippen molar-refractivity contribution in [1.29, 1.82) is 0 Å². The Hall–Kier alpha value is -3.11. The number of benzene rings is 2. The SMILES string of the molecule is C=CCOc1ccc2c(C)cc(=O)oc2c1C(=O)C=Cc1ccc(Cl)cc1. The van der Waals surface area contributed by atoms with E-state index in [1.165, 1.54) is 12.1 Å². The van der Waals surface area contributed by atoms with Crippen molar-refractivity contribution in [2.75, 3.05) is 6.61 Å². The third-order valence-corrected chi connectivity index (χ3v) is 4.23. The van der Waals surface area contributed by atoms with E-state index in [9.17, 15) is 9.59 Å². The smallest absolute Gasteiger partial charge is 0.336 e. The first kappa shape index (κ1) is 18.7. The fourth-order valence-corrected chi connectivity index (χ4v) is 2.82. The third-order valence-electron chi connectivity index (χ3n) is 3.98. The first-order chi connectivity index (χ1) is 13.0. The average Bonchev–Trinajstić information content (AvgIpc) is 2.65. The van der Waals surface area contributed by atoms with Gasteiger partial charge < -0.3 is 9.15 Å². The number of fused-ring (bicyclic) bond motifs is 1. The van der Waals surface area contributed by atoms with Crippen LogP contribution in [0.1, 0.15) is 21.5 Å². The van der Waals surface area contributed by atoms with Gasteiger partial charge >= 0.3 is 5.63 Å². The highest BCUT2D eigenvalue weighted by atomic mass is 35.5. The molecule has 3 aromatic rings. The molecule has 0 fully saturated rings. The summed E-state index contributed by atoms with van der Waals surface area (Å²) in [4.78, 5) is 24.8. The number of ketones is 1. The van der Waals surface area contributed by atoms with Crippen LogP contribution in [0.3, 0.4) is 0 Å². The van der Waals surface area contributed by atoms with Crippen molar-refractivity contribution >= 4 is 34.4 Å². The lowest BCUT2D eigenvalue weighted by Crippen LogP contribution is -2.06. The molecular weight excluding hydrogens is 364 g/mol. The highest BCUT2D eigenvalue weighted by Crippen LogP contribution is 2.30. The van der Waals surface area contributed by atoms with Gasteiger partial charge in [-0.25, -0.2) is 4.79 Å². The van der Waals surface area contributed by atoms with Gasteiger partial charge in [-0.2, -0.15) is 0 Å². The molecule has 0 aliphatic carbocycles. The molecule has 27 heavy (non-hydrogen) atoms. The number of ether oxygens (including phenoxy) is 1. The Balaban J connectivity index is 2.11. The lowest BCUT2D eigenvalue weighted by Gasteiger charge is -2.11. The highest BCUT2D eigenvalue weighted by Gasteiger charge is 2.18. The van der Waals surface area contributed by atoms with Gasteiger partial charge in [-0.05, 0) is 48.4 Å². The second kappa shape index (κ2) is 8.06. The Bertz CT molecular complexity index is 1090. The maximum Gasteiger partial charge on any atom is 0.336 e. The Morgan fingerprint density at radius 3 is 2.67 bits per heavy atom. The minimum atomic E-state index is -0.517. The van der Waals surface area contributed by atoms with Crippen molar-refractivity contribution < 1.29 is 13.9 Å². The summed E-state index contributed by atoms with van der Waals surface area (Å²) in [5, 5.41) is 1.30. The lowest BCUT2D eigenvalue weighted by atomic mass is 10.0.